The number of aliphatic hydroxyl groups is 1. The van der Waals surface area contributed by atoms with E-state index in [0.717, 1.165) is 45.1 Å². The van der Waals surface area contributed by atoms with Crippen molar-refractivity contribution in [1.29, 1.82) is 0 Å². The maximum absolute atomic E-state index is 13.2. The lowest BCUT2D eigenvalue weighted by Crippen LogP contribution is -2.18. The van der Waals surface area contributed by atoms with Crippen LogP contribution in [0.4, 0.5) is 8.78 Å². The third-order valence-corrected chi connectivity index (χ3v) is 5.28. The van der Waals surface area contributed by atoms with Crippen molar-refractivity contribution in [3.05, 3.63) is 78.1 Å². The summed E-state index contributed by atoms with van der Waals surface area (Å²) in [5.74, 6) is 0.104. The van der Waals surface area contributed by atoms with E-state index in [1.54, 1.807) is 30.3 Å². The minimum atomic E-state index is -3.24. The van der Waals surface area contributed by atoms with Gasteiger partial charge in [-0.15, -0.1) is 0 Å². The summed E-state index contributed by atoms with van der Waals surface area (Å²) in [6.45, 7) is 10.8. The van der Waals surface area contributed by atoms with E-state index in [1.165, 1.54) is 0 Å². The maximum Gasteiger partial charge on any atom is 0.394 e. The molecule has 3 rings (SSSR count). The van der Waals surface area contributed by atoms with Gasteiger partial charge >= 0.3 is 6.11 Å². The van der Waals surface area contributed by atoms with Crippen LogP contribution < -0.4 is 10.1 Å². The van der Waals surface area contributed by atoms with Crippen molar-refractivity contribution in [1.82, 2.24) is 9.88 Å². The molecule has 2 aromatic carbocycles. The number of nitrogens with one attached hydrogen (secondary N) is 1. The lowest BCUT2D eigenvalue weighted by Gasteiger charge is -2.17. The predicted molar refractivity (Wildman–Crippen MR) is 121 cm³/mol. The van der Waals surface area contributed by atoms with Gasteiger partial charge in [-0.3, -0.25) is 0 Å². The normalized spacial score (nSPS) is 11.5. The number of alkyl halides is 2. The molecule has 0 bridgehead atoms. The summed E-state index contributed by atoms with van der Waals surface area (Å²) in [6, 6.07) is 8.69. The van der Waals surface area contributed by atoms with Crippen LogP contribution in [0, 0.1) is 0 Å². The van der Waals surface area contributed by atoms with Crippen molar-refractivity contribution in [2.75, 3.05) is 0 Å². The van der Waals surface area contributed by atoms with Crippen LogP contribution >= 0.6 is 0 Å². The fraction of sp³-hybridized carbons (Fsp3) is 0.280. The largest absolute Gasteiger partial charge is 0.433 e. The van der Waals surface area contributed by atoms with Crippen LogP contribution in [0.5, 0.6) is 5.75 Å². The highest BCUT2D eigenvalue weighted by atomic mass is 19.3. The van der Waals surface area contributed by atoms with E-state index >= 15 is 0 Å². The molecule has 31 heavy (non-hydrogen) atoms. The maximum atomic E-state index is 13.2. The molecule has 164 valence electrons. The molecule has 4 nitrogen and oxygen atoms in total. The minimum absolute atomic E-state index is 0.103. The van der Waals surface area contributed by atoms with Gasteiger partial charge in [-0.1, -0.05) is 32.2 Å². The van der Waals surface area contributed by atoms with Crippen molar-refractivity contribution in [2.45, 2.75) is 39.5 Å². The Kier molecular flexibility index (Phi) is 6.51. The summed E-state index contributed by atoms with van der Waals surface area (Å²) in [5, 5.41) is 14.4. The first-order valence-corrected chi connectivity index (χ1v) is 10.1. The van der Waals surface area contributed by atoms with Crippen molar-refractivity contribution >= 4 is 10.9 Å². The zero-order chi connectivity index (χ0) is 22.8. The molecule has 1 aromatic heterocycles. The lowest BCUT2D eigenvalue weighted by molar-refractivity contribution is -0.158. The molecular weight excluding hydrogens is 398 g/mol. The summed E-state index contributed by atoms with van der Waals surface area (Å²) in [6.07, 6.45) is 1.29. The number of rotatable bonds is 9. The molecule has 0 aliphatic heterocycles. The van der Waals surface area contributed by atoms with E-state index in [9.17, 15) is 13.9 Å². The Labute approximate surface area is 181 Å². The van der Waals surface area contributed by atoms with E-state index in [2.05, 4.69) is 36.3 Å². The molecule has 0 amide bonds. The number of hydrogen-bond donors (Lipinski definition) is 2. The van der Waals surface area contributed by atoms with Gasteiger partial charge in [0.15, 0.2) is 0 Å². The standard InChI is InChI=1S/C25H28F2N2O2/c1-6-16(3)28-13-19-12-21(18-8-10-20(11-9-18)31-25(4,26)27)23-17(7-2)14-29(5)24(23)22(19)15-30/h6,8-12,14,28,30H,1,3,7,13,15H2,2,4-5H3. The number of allylic oxidation sites excluding steroid dienone is 1. The van der Waals surface area contributed by atoms with Crippen LogP contribution in [0.15, 0.2) is 61.5 Å². The fourth-order valence-corrected chi connectivity index (χ4v) is 3.86. The summed E-state index contributed by atoms with van der Waals surface area (Å²) in [5.41, 5.74) is 6.42. The summed E-state index contributed by atoms with van der Waals surface area (Å²) < 4.78 is 33.1. The predicted octanol–water partition coefficient (Wildman–Crippen LogP) is 5.68. The van der Waals surface area contributed by atoms with Gasteiger partial charge in [0.25, 0.3) is 0 Å². The van der Waals surface area contributed by atoms with Crippen LogP contribution in [0.25, 0.3) is 22.0 Å². The Hall–Kier alpha value is -3.12. The summed E-state index contributed by atoms with van der Waals surface area (Å²) >= 11 is 0. The van der Waals surface area contributed by atoms with E-state index in [0.29, 0.717) is 19.2 Å². The second-order valence-electron chi connectivity index (χ2n) is 7.58. The van der Waals surface area contributed by atoms with Crippen molar-refractivity contribution in [3.8, 4) is 16.9 Å². The number of aryl methyl sites for hydroxylation is 2. The highest BCUT2D eigenvalue weighted by Crippen LogP contribution is 2.38. The zero-order valence-electron chi connectivity index (χ0n) is 18.1. The third kappa shape index (κ3) is 4.80. The number of halogens is 2. The molecule has 0 saturated heterocycles. The number of fused-ring (bicyclic) bond motifs is 1. The van der Waals surface area contributed by atoms with E-state index in [-0.39, 0.29) is 12.4 Å². The topological polar surface area (TPSA) is 46.4 Å². The van der Waals surface area contributed by atoms with Crippen LogP contribution in [0.2, 0.25) is 0 Å². The summed E-state index contributed by atoms with van der Waals surface area (Å²) in [4.78, 5) is 0. The molecule has 0 saturated carbocycles. The highest BCUT2D eigenvalue weighted by Gasteiger charge is 2.23. The molecule has 0 unspecified atom stereocenters. The quantitative estimate of drug-likeness (QED) is 0.433. The lowest BCUT2D eigenvalue weighted by atomic mass is 9.92. The highest BCUT2D eigenvalue weighted by molar-refractivity contribution is 6.00. The molecule has 2 N–H and O–H groups in total. The fourth-order valence-electron chi connectivity index (χ4n) is 3.86. The van der Waals surface area contributed by atoms with E-state index in [1.807, 2.05) is 17.7 Å². The molecule has 3 aromatic rings. The van der Waals surface area contributed by atoms with Crippen molar-refractivity contribution in [3.63, 3.8) is 0 Å². The van der Waals surface area contributed by atoms with Gasteiger partial charge in [0.1, 0.15) is 5.75 Å². The van der Waals surface area contributed by atoms with Gasteiger partial charge < -0.3 is 19.7 Å². The Bertz CT molecular complexity index is 1110. The van der Waals surface area contributed by atoms with Gasteiger partial charge in [-0.05, 0) is 52.9 Å². The van der Waals surface area contributed by atoms with Gasteiger partial charge in [-0.25, -0.2) is 0 Å². The van der Waals surface area contributed by atoms with Crippen LogP contribution in [-0.4, -0.2) is 15.8 Å². The number of aliphatic hydroxyl groups excluding tert-OH is 1. The minimum Gasteiger partial charge on any atom is -0.433 e. The first kappa shape index (κ1) is 22.6. The Balaban J connectivity index is 2.19. The summed E-state index contributed by atoms with van der Waals surface area (Å²) in [7, 11) is 1.96. The number of hydrogen-bond acceptors (Lipinski definition) is 3. The van der Waals surface area contributed by atoms with Crippen molar-refractivity contribution < 1.29 is 18.6 Å². The third-order valence-electron chi connectivity index (χ3n) is 5.28. The second kappa shape index (κ2) is 8.94. The van der Waals surface area contributed by atoms with Gasteiger partial charge in [0.2, 0.25) is 0 Å². The average Bonchev–Trinajstić information content (AvgIpc) is 3.07. The molecule has 0 atom stereocenters. The number of nitrogens with zero attached hydrogens (tertiary/aromatic N) is 1. The Morgan fingerprint density at radius 1 is 1.26 bits per heavy atom. The van der Waals surface area contributed by atoms with E-state index in [4.69, 9.17) is 0 Å². The van der Waals surface area contributed by atoms with Gasteiger partial charge in [-0.2, -0.15) is 8.78 Å². The number of benzene rings is 2. The van der Waals surface area contributed by atoms with Crippen LogP contribution in [-0.2, 0) is 26.6 Å². The van der Waals surface area contributed by atoms with Crippen molar-refractivity contribution in [2.24, 2.45) is 7.05 Å². The molecule has 0 spiro atoms. The molecule has 1 heterocycles. The zero-order valence-corrected chi connectivity index (χ0v) is 18.1. The average molecular weight is 427 g/mol. The SMILES string of the molecule is C=CC(=C)NCc1cc(-c2ccc(OC(C)(F)F)cc2)c2c(CC)cn(C)c2c1CO. The number of ether oxygens (including phenoxy) is 1. The van der Waals surface area contributed by atoms with Crippen LogP contribution in [0.3, 0.4) is 0 Å². The van der Waals surface area contributed by atoms with Gasteiger partial charge in [0, 0.05) is 43.4 Å². The molecule has 0 fully saturated rings. The Morgan fingerprint density at radius 3 is 2.48 bits per heavy atom. The molecule has 6 heteroatoms. The van der Waals surface area contributed by atoms with Gasteiger partial charge in [0.05, 0.1) is 12.1 Å². The Morgan fingerprint density at radius 2 is 1.94 bits per heavy atom. The smallest absolute Gasteiger partial charge is 0.394 e. The number of aromatic nitrogens is 1. The monoisotopic (exact) mass is 426 g/mol. The second-order valence-corrected chi connectivity index (χ2v) is 7.58. The first-order valence-electron chi connectivity index (χ1n) is 10.1. The molecule has 0 aliphatic rings. The molecule has 0 aliphatic carbocycles. The van der Waals surface area contributed by atoms with E-state index < -0.39 is 6.11 Å². The first-order chi connectivity index (χ1) is 14.7. The van der Waals surface area contributed by atoms with Crippen LogP contribution in [0.1, 0.15) is 30.5 Å². The molecular formula is C25H28F2N2O2. The molecule has 0 radical (unpaired) electrons.